The Kier molecular flexibility index (Phi) is 4.52. The van der Waals surface area contributed by atoms with Gasteiger partial charge in [0.05, 0.1) is 4.92 Å². The summed E-state index contributed by atoms with van der Waals surface area (Å²) in [6, 6.07) is 1.90. The first-order valence-electron chi connectivity index (χ1n) is 6.89. The van der Waals surface area contributed by atoms with Crippen LogP contribution < -0.4 is 5.32 Å². The van der Waals surface area contributed by atoms with Crippen molar-refractivity contribution in [2.24, 2.45) is 0 Å². The second kappa shape index (κ2) is 6.34. The molecule has 0 unspecified atom stereocenters. The Morgan fingerprint density at radius 2 is 2.19 bits per heavy atom. The molecular weight excluding hydrogens is 270 g/mol. The molecule has 2 rings (SSSR count). The van der Waals surface area contributed by atoms with Crippen molar-refractivity contribution < 1.29 is 4.92 Å². The summed E-state index contributed by atoms with van der Waals surface area (Å²) in [5.74, 6) is 0.468. The van der Waals surface area contributed by atoms with Gasteiger partial charge in [-0.3, -0.25) is 15.1 Å². The number of nitrogens with one attached hydrogen (secondary N) is 1. The molecule has 0 spiro atoms. The Morgan fingerprint density at radius 1 is 1.43 bits per heavy atom. The Bertz CT molecular complexity index is 651. The van der Waals surface area contributed by atoms with Gasteiger partial charge < -0.3 is 5.32 Å². The number of rotatable bonds is 6. The summed E-state index contributed by atoms with van der Waals surface area (Å²) in [5, 5.41) is 18.7. The van der Waals surface area contributed by atoms with E-state index in [4.69, 9.17) is 0 Å². The van der Waals surface area contributed by atoms with Gasteiger partial charge in [-0.15, -0.1) is 0 Å². The number of hydrogen-bond donors (Lipinski definition) is 1. The summed E-state index contributed by atoms with van der Waals surface area (Å²) in [6.45, 7) is 6.79. The molecule has 7 nitrogen and oxygen atoms in total. The molecule has 21 heavy (non-hydrogen) atoms. The van der Waals surface area contributed by atoms with Crippen molar-refractivity contribution in [1.82, 2.24) is 14.8 Å². The maximum Gasteiger partial charge on any atom is 0.333 e. The van der Waals surface area contributed by atoms with E-state index in [0.29, 0.717) is 24.6 Å². The SMILES string of the molecule is CCCn1nc(C)c([N+](=O)[O-])c1NCc1ccncc1C. The second-order valence-electron chi connectivity index (χ2n) is 4.92. The van der Waals surface area contributed by atoms with Crippen LogP contribution in [0.2, 0.25) is 0 Å². The van der Waals surface area contributed by atoms with Crippen molar-refractivity contribution in [1.29, 1.82) is 0 Å². The normalized spacial score (nSPS) is 10.6. The van der Waals surface area contributed by atoms with Crippen LogP contribution in [-0.4, -0.2) is 19.7 Å². The number of aryl methyl sites for hydroxylation is 3. The van der Waals surface area contributed by atoms with E-state index in [1.165, 1.54) is 0 Å². The molecule has 2 heterocycles. The van der Waals surface area contributed by atoms with Crippen molar-refractivity contribution >= 4 is 11.5 Å². The van der Waals surface area contributed by atoms with Gasteiger partial charge in [0.25, 0.3) is 0 Å². The predicted molar refractivity (Wildman–Crippen MR) is 80.2 cm³/mol. The first kappa shape index (κ1) is 15.0. The maximum absolute atomic E-state index is 11.2. The second-order valence-corrected chi connectivity index (χ2v) is 4.92. The number of aromatic nitrogens is 3. The highest BCUT2D eigenvalue weighted by atomic mass is 16.6. The lowest BCUT2D eigenvalue weighted by Crippen LogP contribution is -2.10. The minimum atomic E-state index is -0.379. The molecule has 112 valence electrons. The highest BCUT2D eigenvalue weighted by Crippen LogP contribution is 2.29. The summed E-state index contributed by atoms with van der Waals surface area (Å²) < 4.78 is 1.67. The van der Waals surface area contributed by atoms with Crippen molar-refractivity contribution in [3.8, 4) is 0 Å². The molecule has 0 fully saturated rings. The Morgan fingerprint density at radius 3 is 2.81 bits per heavy atom. The predicted octanol–water partition coefficient (Wildman–Crippen LogP) is 2.83. The fourth-order valence-corrected chi connectivity index (χ4v) is 2.22. The molecule has 0 aliphatic rings. The fraction of sp³-hybridized carbons (Fsp3) is 0.429. The Balaban J connectivity index is 2.29. The average molecular weight is 289 g/mol. The molecule has 7 heteroatoms. The van der Waals surface area contributed by atoms with E-state index in [1.54, 1.807) is 24.0 Å². The van der Waals surface area contributed by atoms with Crippen molar-refractivity contribution in [3.05, 3.63) is 45.4 Å². The van der Waals surface area contributed by atoms with E-state index in [9.17, 15) is 10.1 Å². The molecule has 1 N–H and O–H groups in total. The third kappa shape index (κ3) is 3.18. The lowest BCUT2D eigenvalue weighted by Gasteiger charge is -2.10. The monoisotopic (exact) mass is 289 g/mol. The van der Waals surface area contributed by atoms with Crippen LogP contribution in [0.5, 0.6) is 0 Å². The third-order valence-corrected chi connectivity index (χ3v) is 3.30. The maximum atomic E-state index is 11.2. The zero-order valence-corrected chi connectivity index (χ0v) is 12.5. The molecule has 0 aliphatic carbocycles. The van der Waals surface area contributed by atoms with Crippen LogP contribution >= 0.6 is 0 Å². The van der Waals surface area contributed by atoms with E-state index in [0.717, 1.165) is 17.5 Å². The molecule has 0 radical (unpaired) electrons. The molecule has 2 aromatic rings. The average Bonchev–Trinajstić information content (AvgIpc) is 2.74. The van der Waals surface area contributed by atoms with E-state index in [2.05, 4.69) is 15.4 Å². The molecule has 0 aromatic carbocycles. The number of anilines is 1. The first-order chi connectivity index (χ1) is 10.0. The van der Waals surface area contributed by atoms with E-state index >= 15 is 0 Å². The molecule has 0 saturated carbocycles. The minimum absolute atomic E-state index is 0.0511. The van der Waals surface area contributed by atoms with Gasteiger partial charge in [0.15, 0.2) is 0 Å². The summed E-state index contributed by atoms with van der Waals surface area (Å²) in [6.07, 6.45) is 4.36. The number of nitro groups is 1. The van der Waals surface area contributed by atoms with Crippen LogP contribution in [0.1, 0.15) is 30.2 Å². The van der Waals surface area contributed by atoms with Crippen LogP contribution in [-0.2, 0) is 13.1 Å². The highest BCUT2D eigenvalue weighted by molar-refractivity contribution is 5.59. The standard InChI is InChI=1S/C14H19N5O2/c1-4-7-18-14(13(19(20)21)11(3)17-18)16-9-12-5-6-15-8-10(12)2/h5-6,8,16H,4,7,9H2,1-3H3. The molecule has 0 saturated heterocycles. The molecule has 0 atom stereocenters. The van der Waals surface area contributed by atoms with Crippen LogP contribution in [0.4, 0.5) is 11.5 Å². The highest BCUT2D eigenvalue weighted by Gasteiger charge is 2.24. The smallest absolute Gasteiger partial charge is 0.333 e. The quantitative estimate of drug-likeness (QED) is 0.652. The van der Waals surface area contributed by atoms with Gasteiger partial charge in [0.1, 0.15) is 5.69 Å². The van der Waals surface area contributed by atoms with Gasteiger partial charge in [-0.25, -0.2) is 4.68 Å². The van der Waals surface area contributed by atoms with Gasteiger partial charge in [-0.1, -0.05) is 6.92 Å². The fourth-order valence-electron chi connectivity index (χ4n) is 2.22. The summed E-state index contributed by atoms with van der Waals surface area (Å²) in [5.41, 5.74) is 2.59. The molecule has 2 aromatic heterocycles. The lowest BCUT2D eigenvalue weighted by atomic mass is 10.1. The summed E-state index contributed by atoms with van der Waals surface area (Å²) >= 11 is 0. The van der Waals surface area contributed by atoms with Crippen molar-refractivity contribution in [2.75, 3.05) is 5.32 Å². The number of pyridine rings is 1. The zero-order valence-electron chi connectivity index (χ0n) is 12.5. The Hall–Kier alpha value is -2.44. The van der Waals surface area contributed by atoms with Crippen LogP contribution in [0.3, 0.4) is 0 Å². The van der Waals surface area contributed by atoms with Gasteiger partial charge in [0.2, 0.25) is 5.82 Å². The van der Waals surface area contributed by atoms with Crippen LogP contribution in [0.25, 0.3) is 0 Å². The molecule has 0 amide bonds. The molecular formula is C14H19N5O2. The van der Waals surface area contributed by atoms with Crippen LogP contribution in [0, 0.1) is 24.0 Å². The van der Waals surface area contributed by atoms with Gasteiger partial charge >= 0.3 is 5.69 Å². The van der Waals surface area contributed by atoms with Crippen molar-refractivity contribution in [2.45, 2.75) is 40.3 Å². The third-order valence-electron chi connectivity index (χ3n) is 3.30. The largest absolute Gasteiger partial charge is 0.360 e. The number of hydrogen-bond acceptors (Lipinski definition) is 5. The Labute approximate surface area is 123 Å². The topological polar surface area (TPSA) is 85.9 Å². The molecule has 0 aliphatic heterocycles. The first-order valence-corrected chi connectivity index (χ1v) is 6.89. The molecule has 0 bridgehead atoms. The lowest BCUT2D eigenvalue weighted by molar-refractivity contribution is -0.384. The number of nitrogens with zero attached hydrogens (tertiary/aromatic N) is 4. The van der Waals surface area contributed by atoms with Gasteiger partial charge in [0, 0.05) is 25.5 Å². The van der Waals surface area contributed by atoms with E-state index in [1.807, 2.05) is 19.9 Å². The van der Waals surface area contributed by atoms with Gasteiger partial charge in [-0.2, -0.15) is 5.10 Å². The minimum Gasteiger partial charge on any atom is -0.360 e. The summed E-state index contributed by atoms with van der Waals surface area (Å²) in [7, 11) is 0. The van der Waals surface area contributed by atoms with Crippen LogP contribution in [0.15, 0.2) is 18.5 Å². The summed E-state index contributed by atoms with van der Waals surface area (Å²) in [4.78, 5) is 14.9. The van der Waals surface area contributed by atoms with E-state index in [-0.39, 0.29) is 10.6 Å². The van der Waals surface area contributed by atoms with Crippen molar-refractivity contribution in [3.63, 3.8) is 0 Å². The van der Waals surface area contributed by atoms with E-state index < -0.39 is 0 Å². The zero-order chi connectivity index (χ0) is 15.4. The van der Waals surface area contributed by atoms with Gasteiger partial charge in [-0.05, 0) is 37.5 Å².